The maximum Gasteiger partial charge on any atom is 0.147 e. The van der Waals surface area contributed by atoms with E-state index in [2.05, 4.69) is 59.0 Å². The van der Waals surface area contributed by atoms with Gasteiger partial charge in [-0.3, -0.25) is 0 Å². The van der Waals surface area contributed by atoms with Crippen LogP contribution in [0.2, 0.25) is 5.15 Å². The van der Waals surface area contributed by atoms with Crippen LogP contribution in [0, 0.1) is 0 Å². The second-order valence-corrected chi connectivity index (χ2v) is 6.33. The summed E-state index contributed by atoms with van der Waals surface area (Å²) >= 11 is 9.70. The summed E-state index contributed by atoms with van der Waals surface area (Å²) in [7, 11) is 0. The van der Waals surface area contributed by atoms with Crippen LogP contribution in [0.4, 0.5) is 0 Å². The highest BCUT2D eigenvalue weighted by molar-refractivity contribution is 9.10. The van der Waals surface area contributed by atoms with Gasteiger partial charge in [0, 0.05) is 5.92 Å². The van der Waals surface area contributed by atoms with E-state index in [1.165, 1.54) is 11.1 Å². The molecule has 1 atom stereocenters. The van der Waals surface area contributed by atoms with Gasteiger partial charge in [0.25, 0.3) is 0 Å². The summed E-state index contributed by atoms with van der Waals surface area (Å²) in [6, 6.07) is 8.45. The Kier molecular flexibility index (Phi) is 3.35. The Morgan fingerprint density at radius 2 is 2.00 bits per heavy atom. The number of hydrogen-bond donors (Lipinski definition) is 0. The summed E-state index contributed by atoms with van der Waals surface area (Å²) in [6.45, 7) is 4.23. The van der Waals surface area contributed by atoms with Crippen molar-refractivity contribution in [2.75, 3.05) is 0 Å². The minimum absolute atomic E-state index is 0.291. The highest BCUT2D eigenvalue weighted by Crippen LogP contribution is 2.40. The number of nitrogens with zero attached hydrogens (tertiary/aromatic N) is 2. The van der Waals surface area contributed by atoms with E-state index in [-0.39, 0.29) is 0 Å². The van der Waals surface area contributed by atoms with Crippen molar-refractivity contribution in [2.45, 2.75) is 32.1 Å². The van der Waals surface area contributed by atoms with Gasteiger partial charge in [-0.2, -0.15) is 0 Å². The molecule has 1 unspecified atom stereocenters. The molecule has 2 nitrogen and oxygen atoms in total. The molecule has 0 aliphatic heterocycles. The number of fused-ring (bicyclic) bond motifs is 1. The molecule has 0 N–H and O–H groups in total. The number of benzene rings is 1. The molecule has 2 aromatic rings. The summed E-state index contributed by atoms with van der Waals surface area (Å²) in [6.07, 6.45) is 1.01. The van der Waals surface area contributed by atoms with Crippen LogP contribution in [0.3, 0.4) is 0 Å². The Balaban J connectivity index is 2.04. The molecule has 4 heteroatoms. The summed E-state index contributed by atoms with van der Waals surface area (Å²) in [5.41, 5.74) is 3.70. The molecular formula is C15H14BrClN2. The molecule has 0 fully saturated rings. The van der Waals surface area contributed by atoms with Crippen molar-refractivity contribution in [1.29, 1.82) is 0 Å². The summed E-state index contributed by atoms with van der Waals surface area (Å²) in [5.74, 6) is 1.46. The van der Waals surface area contributed by atoms with Gasteiger partial charge < -0.3 is 0 Å². The topological polar surface area (TPSA) is 25.8 Å². The molecule has 0 saturated heterocycles. The summed E-state index contributed by atoms with van der Waals surface area (Å²) in [5, 5.41) is 0.512. The molecule has 0 spiro atoms. The van der Waals surface area contributed by atoms with Gasteiger partial charge in [-0.15, -0.1) is 0 Å². The molecule has 19 heavy (non-hydrogen) atoms. The van der Waals surface area contributed by atoms with Crippen LogP contribution in [0.25, 0.3) is 0 Å². The monoisotopic (exact) mass is 336 g/mol. The minimum atomic E-state index is 0.291. The lowest BCUT2D eigenvalue weighted by Crippen LogP contribution is -2.21. The summed E-state index contributed by atoms with van der Waals surface area (Å²) in [4.78, 5) is 9.16. The Labute approximate surface area is 126 Å². The van der Waals surface area contributed by atoms with Crippen molar-refractivity contribution < 1.29 is 0 Å². The molecule has 1 aromatic heterocycles. The van der Waals surface area contributed by atoms with Gasteiger partial charge in [0.15, 0.2) is 0 Å². The van der Waals surface area contributed by atoms with Gasteiger partial charge in [0.05, 0.1) is 10.2 Å². The lowest BCUT2D eigenvalue weighted by molar-refractivity contribution is 0.644. The third-order valence-corrected chi connectivity index (χ3v) is 4.85. The molecule has 1 aliphatic rings. The lowest BCUT2D eigenvalue weighted by atomic mass is 9.77. The maximum atomic E-state index is 6.22. The van der Waals surface area contributed by atoms with E-state index in [4.69, 9.17) is 16.6 Å². The Morgan fingerprint density at radius 1 is 1.26 bits per heavy atom. The molecular weight excluding hydrogens is 324 g/mol. The first kappa shape index (κ1) is 13.1. The van der Waals surface area contributed by atoms with Crippen molar-refractivity contribution in [1.82, 2.24) is 9.97 Å². The second kappa shape index (κ2) is 4.88. The van der Waals surface area contributed by atoms with Crippen LogP contribution >= 0.6 is 27.5 Å². The molecule has 0 amide bonds. The molecule has 1 aliphatic carbocycles. The van der Waals surface area contributed by atoms with Gasteiger partial charge in [-0.25, -0.2) is 9.97 Å². The number of aromatic nitrogens is 2. The number of hydrogen-bond acceptors (Lipinski definition) is 2. The van der Waals surface area contributed by atoms with Crippen LogP contribution in [-0.2, 0) is 6.42 Å². The van der Waals surface area contributed by atoms with Gasteiger partial charge in [0.2, 0.25) is 0 Å². The maximum absolute atomic E-state index is 6.22. The first-order valence-electron chi connectivity index (χ1n) is 6.38. The van der Waals surface area contributed by atoms with Gasteiger partial charge in [0.1, 0.15) is 11.0 Å². The third kappa shape index (κ3) is 2.19. The molecule has 0 saturated carbocycles. The fraction of sp³-hybridized carbons (Fsp3) is 0.333. The van der Waals surface area contributed by atoms with Crippen molar-refractivity contribution in [3.05, 3.63) is 56.5 Å². The van der Waals surface area contributed by atoms with E-state index in [1.54, 1.807) is 0 Å². The van der Waals surface area contributed by atoms with Crippen molar-refractivity contribution in [3.8, 4) is 0 Å². The van der Waals surface area contributed by atoms with Crippen molar-refractivity contribution >= 4 is 27.5 Å². The van der Waals surface area contributed by atoms with E-state index in [1.807, 2.05) is 0 Å². The van der Waals surface area contributed by atoms with Crippen molar-refractivity contribution in [3.63, 3.8) is 0 Å². The average molecular weight is 338 g/mol. The van der Waals surface area contributed by atoms with Gasteiger partial charge >= 0.3 is 0 Å². The first-order chi connectivity index (χ1) is 9.08. The predicted octanol–water partition coefficient (Wildman–Crippen LogP) is 4.70. The number of rotatable bonds is 2. The molecule has 0 bridgehead atoms. The van der Waals surface area contributed by atoms with E-state index in [0.29, 0.717) is 17.0 Å². The largest absolute Gasteiger partial charge is 0.236 e. The summed E-state index contributed by atoms with van der Waals surface area (Å²) < 4.78 is 0.820. The molecule has 3 rings (SSSR count). The molecule has 98 valence electrons. The zero-order valence-electron chi connectivity index (χ0n) is 10.8. The van der Waals surface area contributed by atoms with Crippen LogP contribution in [0.15, 0.2) is 28.7 Å². The van der Waals surface area contributed by atoms with Gasteiger partial charge in [-0.1, -0.05) is 49.7 Å². The van der Waals surface area contributed by atoms with Crippen LogP contribution < -0.4 is 0 Å². The quantitative estimate of drug-likeness (QED) is 0.742. The fourth-order valence-electron chi connectivity index (χ4n) is 2.48. The SMILES string of the molecule is CC(C)c1nc(C2Cc3ccccc32)nc(Cl)c1Br. The Bertz CT molecular complexity index is 640. The molecule has 1 aromatic carbocycles. The zero-order chi connectivity index (χ0) is 13.6. The Hall–Kier alpha value is -0.930. The average Bonchev–Trinajstić information content (AvgIpc) is 2.34. The fourth-order valence-corrected chi connectivity index (χ4v) is 3.30. The predicted molar refractivity (Wildman–Crippen MR) is 80.8 cm³/mol. The van der Waals surface area contributed by atoms with Crippen molar-refractivity contribution in [2.24, 2.45) is 0 Å². The van der Waals surface area contributed by atoms with E-state index in [9.17, 15) is 0 Å². The van der Waals surface area contributed by atoms with E-state index in [0.717, 1.165) is 22.4 Å². The standard InChI is InChI=1S/C15H14BrClN2/c1-8(2)13-12(16)14(17)19-15(18-13)11-7-9-5-3-4-6-10(9)11/h3-6,8,11H,7H2,1-2H3. The molecule has 1 heterocycles. The van der Waals surface area contributed by atoms with Gasteiger partial charge in [-0.05, 0) is 39.4 Å². The van der Waals surface area contributed by atoms with E-state index < -0.39 is 0 Å². The normalized spacial score (nSPS) is 17.2. The number of halogens is 2. The van der Waals surface area contributed by atoms with Crippen LogP contribution in [-0.4, -0.2) is 9.97 Å². The van der Waals surface area contributed by atoms with Crippen LogP contribution in [0.1, 0.15) is 48.3 Å². The smallest absolute Gasteiger partial charge is 0.147 e. The zero-order valence-corrected chi connectivity index (χ0v) is 13.2. The third-order valence-electron chi connectivity index (χ3n) is 3.57. The lowest BCUT2D eigenvalue weighted by Gasteiger charge is -2.29. The highest BCUT2D eigenvalue weighted by Gasteiger charge is 2.30. The van der Waals surface area contributed by atoms with E-state index >= 15 is 0 Å². The highest BCUT2D eigenvalue weighted by atomic mass is 79.9. The Morgan fingerprint density at radius 3 is 2.68 bits per heavy atom. The first-order valence-corrected chi connectivity index (χ1v) is 7.55. The van der Waals surface area contributed by atoms with Crippen LogP contribution in [0.5, 0.6) is 0 Å². The second-order valence-electron chi connectivity index (χ2n) is 5.18. The molecule has 0 radical (unpaired) electrons. The minimum Gasteiger partial charge on any atom is -0.236 e.